The van der Waals surface area contributed by atoms with E-state index >= 15 is 0 Å². The monoisotopic (exact) mass is 479 g/mol. The zero-order valence-electron chi connectivity index (χ0n) is 17.7. The van der Waals surface area contributed by atoms with Gasteiger partial charge in [-0.15, -0.1) is 0 Å². The molecule has 4 aliphatic carbocycles. The molecular formula is C25H28Cl3NO2. The van der Waals surface area contributed by atoms with Crippen LogP contribution in [0, 0.1) is 23.7 Å². The van der Waals surface area contributed by atoms with E-state index in [0.717, 1.165) is 41.3 Å². The van der Waals surface area contributed by atoms with Crippen LogP contribution in [0.4, 0.5) is 0 Å². The van der Waals surface area contributed by atoms with Gasteiger partial charge in [-0.05, 0) is 85.6 Å². The van der Waals surface area contributed by atoms with Crippen LogP contribution in [0.3, 0.4) is 0 Å². The lowest BCUT2D eigenvalue weighted by Gasteiger charge is -2.54. The number of nitrogens with one attached hydrogen (secondary N) is 1. The van der Waals surface area contributed by atoms with Crippen LogP contribution >= 0.6 is 34.8 Å². The average Bonchev–Trinajstić information content (AvgIpc) is 2.72. The van der Waals surface area contributed by atoms with Gasteiger partial charge in [0.25, 0.3) is 0 Å². The molecule has 4 bridgehead atoms. The van der Waals surface area contributed by atoms with Crippen molar-refractivity contribution >= 4 is 34.8 Å². The van der Waals surface area contributed by atoms with Crippen molar-refractivity contribution in [2.45, 2.75) is 51.3 Å². The van der Waals surface area contributed by atoms with Crippen molar-refractivity contribution in [2.75, 3.05) is 7.11 Å². The number of ether oxygens (including phenoxy) is 2. The van der Waals surface area contributed by atoms with E-state index in [-0.39, 0.29) is 6.61 Å². The van der Waals surface area contributed by atoms with E-state index in [2.05, 4.69) is 5.32 Å². The maximum Gasteiger partial charge on any atom is 0.180 e. The predicted octanol–water partition coefficient (Wildman–Crippen LogP) is 7.15. The van der Waals surface area contributed by atoms with E-state index in [4.69, 9.17) is 44.3 Å². The third-order valence-electron chi connectivity index (χ3n) is 7.44. The molecule has 0 atom stereocenters. The van der Waals surface area contributed by atoms with Gasteiger partial charge in [-0.1, -0.05) is 40.9 Å². The van der Waals surface area contributed by atoms with Crippen molar-refractivity contribution in [3.63, 3.8) is 0 Å². The molecule has 0 heterocycles. The summed E-state index contributed by atoms with van der Waals surface area (Å²) in [6.07, 6.45) is 7.13. The summed E-state index contributed by atoms with van der Waals surface area (Å²) in [4.78, 5) is 0. The third kappa shape index (κ3) is 4.53. The average molecular weight is 481 g/mol. The van der Waals surface area contributed by atoms with Gasteiger partial charge < -0.3 is 14.8 Å². The largest absolute Gasteiger partial charge is 0.493 e. The predicted molar refractivity (Wildman–Crippen MR) is 126 cm³/mol. The van der Waals surface area contributed by atoms with E-state index in [0.29, 0.717) is 32.6 Å². The van der Waals surface area contributed by atoms with Gasteiger partial charge in [-0.2, -0.15) is 0 Å². The molecular weight excluding hydrogens is 453 g/mol. The van der Waals surface area contributed by atoms with Crippen molar-refractivity contribution < 1.29 is 9.47 Å². The Morgan fingerprint density at radius 2 is 1.61 bits per heavy atom. The summed E-state index contributed by atoms with van der Waals surface area (Å²) in [6, 6.07) is 10.00. The maximum absolute atomic E-state index is 6.60. The highest BCUT2D eigenvalue weighted by Gasteiger charge is 2.47. The number of hydrogen-bond donors (Lipinski definition) is 1. The summed E-state index contributed by atoms with van der Waals surface area (Å²) in [5.74, 6) is 4.84. The molecule has 0 amide bonds. The molecule has 4 fully saturated rings. The molecule has 166 valence electrons. The molecule has 6 rings (SSSR count). The van der Waals surface area contributed by atoms with Crippen molar-refractivity contribution in [3.05, 3.63) is 56.5 Å². The number of benzene rings is 2. The molecule has 0 spiro atoms. The highest BCUT2D eigenvalue weighted by Crippen LogP contribution is 2.53. The summed E-state index contributed by atoms with van der Waals surface area (Å²) in [5, 5.41) is 5.58. The van der Waals surface area contributed by atoms with Gasteiger partial charge >= 0.3 is 0 Å². The fraction of sp³-hybridized carbons (Fsp3) is 0.520. The lowest BCUT2D eigenvalue weighted by atomic mass is 9.54. The summed E-state index contributed by atoms with van der Waals surface area (Å²) < 4.78 is 11.6. The molecule has 1 N–H and O–H groups in total. The minimum Gasteiger partial charge on any atom is -0.493 e. The number of rotatable bonds is 7. The standard InChI is InChI=1S/C25H28Cl3NO2/c1-30-23-10-16(12-29-24-18-5-14-4-15(7-18)8-19(24)6-14)9-22(28)25(23)31-13-17-2-3-20(26)11-21(17)27/h2-3,9-11,14-15,18-19,24,29H,4-8,12-13H2,1H3. The van der Waals surface area contributed by atoms with Crippen LogP contribution in [-0.2, 0) is 13.2 Å². The highest BCUT2D eigenvalue weighted by atomic mass is 35.5. The van der Waals surface area contributed by atoms with E-state index in [9.17, 15) is 0 Å². The second-order valence-corrected chi connectivity index (χ2v) is 10.7. The Balaban J connectivity index is 1.26. The van der Waals surface area contributed by atoms with E-state index < -0.39 is 0 Å². The Kier molecular flexibility index (Phi) is 6.31. The summed E-state index contributed by atoms with van der Waals surface area (Å²) >= 11 is 18.8. The Hall–Kier alpha value is -1.13. The number of hydrogen-bond acceptors (Lipinski definition) is 3. The summed E-state index contributed by atoms with van der Waals surface area (Å²) in [6.45, 7) is 1.09. The Morgan fingerprint density at radius 3 is 2.26 bits per heavy atom. The first-order chi connectivity index (χ1) is 15.0. The van der Waals surface area contributed by atoms with E-state index in [1.807, 2.05) is 18.2 Å². The smallest absolute Gasteiger partial charge is 0.180 e. The van der Waals surface area contributed by atoms with Crippen molar-refractivity contribution in [1.82, 2.24) is 5.32 Å². The lowest BCUT2D eigenvalue weighted by Crippen LogP contribution is -2.54. The van der Waals surface area contributed by atoms with Crippen molar-refractivity contribution in [3.8, 4) is 11.5 Å². The molecule has 31 heavy (non-hydrogen) atoms. The molecule has 6 heteroatoms. The van der Waals surface area contributed by atoms with E-state index in [1.54, 1.807) is 19.2 Å². The minimum absolute atomic E-state index is 0.289. The van der Waals surface area contributed by atoms with Gasteiger partial charge in [-0.3, -0.25) is 0 Å². The van der Waals surface area contributed by atoms with Crippen LogP contribution < -0.4 is 14.8 Å². The molecule has 0 aliphatic heterocycles. The topological polar surface area (TPSA) is 30.5 Å². The fourth-order valence-corrected chi connectivity index (χ4v) is 7.05. The summed E-state index contributed by atoms with van der Waals surface area (Å²) in [5.41, 5.74) is 1.96. The van der Waals surface area contributed by atoms with E-state index in [1.165, 1.54) is 32.1 Å². The van der Waals surface area contributed by atoms with Crippen LogP contribution in [0.25, 0.3) is 0 Å². The minimum atomic E-state index is 0.289. The maximum atomic E-state index is 6.60. The van der Waals surface area contributed by atoms with Crippen LogP contribution in [0.15, 0.2) is 30.3 Å². The molecule has 4 aliphatic rings. The molecule has 0 saturated heterocycles. The van der Waals surface area contributed by atoms with Gasteiger partial charge in [0.15, 0.2) is 11.5 Å². The van der Waals surface area contributed by atoms with Gasteiger partial charge in [0, 0.05) is 28.2 Å². The third-order valence-corrected chi connectivity index (χ3v) is 8.31. The lowest BCUT2D eigenvalue weighted by molar-refractivity contribution is -0.0142. The van der Waals surface area contributed by atoms with Crippen molar-refractivity contribution in [2.24, 2.45) is 23.7 Å². The molecule has 2 aromatic rings. The zero-order valence-corrected chi connectivity index (χ0v) is 19.9. The van der Waals surface area contributed by atoms with Crippen molar-refractivity contribution in [1.29, 1.82) is 0 Å². The van der Waals surface area contributed by atoms with Gasteiger partial charge in [-0.25, -0.2) is 0 Å². The highest BCUT2D eigenvalue weighted by molar-refractivity contribution is 6.35. The fourth-order valence-electron chi connectivity index (χ4n) is 6.30. The van der Waals surface area contributed by atoms with Crippen LogP contribution in [0.5, 0.6) is 11.5 Å². The molecule has 0 unspecified atom stereocenters. The molecule has 3 nitrogen and oxygen atoms in total. The second kappa shape index (κ2) is 9.02. The normalized spacial score (nSPS) is 28.7. The Bertz CT molecular complexity index is 936. The number of methoxy groups -OCH3 is 1. The Labute approximate surface area is 199 Å². The molecule has 4 saturated carbocycles. The zero-order chi connectivity index (χ0) is 21.5. The molecule has 2 aromatic carbocycles. The van der Waals surface area contributed by atoms with Crippen LogP contribution in [-0.4, -0.2) is 13.2 Å². The SMILES string of the molecule is COc1cc(CNC2C3CC4CC(C3)CC2C4)cc(Cl)c1OCc1ccc(Cl)cc1Cl. The molecule has 0 radical (unpaired) electrons. The first kappa shape index (κ1) is 21.7. The quantitative estimate of drug-likeness (QED) is 0.456. The van der Waals surface area contributed by atoms with Crippen LogP contribution in [0.2, 0.25) is 15.1 Å². The molecule has 0 aromatic heterocycles. The Morgan fingerprint density at radius 1 is 0.903 bits per heavy atom. The first-order valence-electron chi connectivity index (χ1n) is 11.2. The van der Waals surface area contributed by atoms with Gasteiger partial charge in [0.1, 0.15) is 6.61 Å². The van der Waals surface area contributed by atoms with Gasteiger partial charge in [0.05, 0.1) is 12.1 Å². The van der Waals surface area contributed by atoms with Gasteiger partial charge in [0.2, 0.25) is 0 Å². The first-order valence-corrected chi connectivity index (χ1v) is 12.3. The second-order valence-electron chi connectivity index (χ2n) is 9.47. The summed E-state index contributed by atoms with van der Waals surface area (Å²) in [7, 11) is 1.64. The number of halogens is 3. The van der Waals surface area contributed by atoms with Crippen LogP contribution in [0.1, 0.15) is 43.2 Å².